The van der Waals surface area contributed by atoms with E-state index in [1.165, 1.54) is 11.1 Å². The molecule has 0 aliphatic carbocycles. The van der Waals surface area contributed by atoms with Crippen molar-refractivity contribution in [3.8, 4) is 11.8 Å². The minimum Gasteiger partial charge on any atom is -0.395 e. The zero-order chi connectivity index (χ0) is 24.9. The van der Waals surface area contributed by atoms with Crippen LogP contribution in [-0.2, 0) is 6.42 Å². The SMILES string of the molecule is CCc1ccc(NC(=O)N2CCCN3[C@H](CO)[C@H](c4ccc(C#Cc5ccccc5)cc4)[C@@H]3C2)cc1. The molecule has 36 heavy (non-hydrogen) atoms. The molecule has 2 saturated heterocycles. The van der Waals surface area contributed by atoms with Crippen molar-refractivity contribution in [3.63, 3.8) is 0 Å². The van der Waals surface area contributed by atoms with Crippen LogP contribution in [0.25, 0.3) is 0 Å². The molecular formula is C31H33N3O2. The molecule has 0 aromatic heterocycles. The maximum Gasteiger partial charge on any atom is 0.321 e. The lowest BCUT2D eigenvalue weighted by Crippen LogP contribution is -2.66. The molecule has 3 aromatic carbocycles. The standard InChI is InChI=1S/C31H33N3O2/c1-2-23-13-17-27(18-14-23)32-31(36)33-19-6-20-34-28(21-33)30(29(34)22-35)26-15-11-25(12-16-26)10-9-24-7-4-3-5-8-24/h3-5,7-8,11-18,28-30,35H,2,6,19-22H2,1H3,(H,32,36)/t28-,29+,30+/m0/s1. The van der Waals surface area contributed by atoms with Crippen LogP contribution in [0.5, 0.6) is 0 Å². The number of anilines is 1. The third kappa shape index (κ3) is 5.16. The molecule has 3 atom stereocenters. The van der Waals surface area contributed by atoms with Gasteiger partial charge in [-0.05, 0) is 60.4 Å². The predicted octanol–water partition coefficient (Wildman–Crippen LogP) is 4.72. The smallest absolute Gasteiger partial charge is 0.321 e. The third-order valence-corrected chi connectivity index (χ3v) is 7.44. The molecule has 5 heteroatoms. The number of hydrogen-bond donors (Lipinski definition) is 2. The quantitative estimate of drug-likeness (QED) is 0.533. The second-order valence-electron chi connectivity index (χ2n) is 9.60. The highest BCUT2D eigenvalue weighted by molar-refractivity contribution is 5.89. The summed E-state index contributed by atoms with van der Waals surface area (Å²) in [5.74, 6) is 6.63. The maximum atomic E-state index is 13.1. The summed E-state index contributed by atoms with van der Waals surface area (Å²) in [6.07, 6.45) is 1.88. The molecule has 2 aliphatic rings. The van der Waals surface area contributed by atoms with Gasteiger partial charge in [-0.25, -0.2) is 4.79 Å². The number of carbonyl (C=O) groups excluding carboxylic acids is 1. The fraction of sp³-hybridized carbons (Fsp3) is 0.323. The first kappa shape index (κ1) is 24.1. The van der Waals surface area contributed by atoms with Crippen LogP contribution in [0.1, 0.15) is 41.5 Å². The Balaban J connectivity index is 1.28. The molecule has 2 aliphatic heterocycles. The van der Waals surface area contributed by atoms with Crippen molar-refractivity contribution in [2.75, 3.05) is 31.6 Å². The molecule has 3 aromatic rings. The molecule has 0 radical (unpaired) electrons. The monoisotopic (exact) mass is 479 g/mol. The number of amides is 2. The summed E-state index contributed by atoms with van der Waals surface area (Å²) in [5.41, 5.74) is 5.23. The lowest BCUT2D eigenvalue weighted by Gasteiger charge is -2.55. The van der Waals surface area contributed by atoms with E-state index in [0.29, 0.717) is 13.1 Å². The lowest BCUT2D eigenvalue weighted by molar-refractivity contribution is -0.0404. The summed E-state index contributed by atoms with van der Waals surface area (Å²) < 4.78 is 0. The van der Waals surface area contributed by atoms with Crippen molar-refractivity contribution < 1.29 is 9.90 Å². The van der Waals surface area contributed by atoms with Gasteiger partial charge >= 0.3 is 6.03 Å². The van der Waals surface area contributed by atoms with E-state index in [9.17, 15) is 9.90 Å². The van der Waals surface area contributed by atoms with Gasteiger partial charge in [0.2, 0.25) is 0 Å². The van der Waals surface area contributed by atoms with Gasteiger partial charge in [0.1, 0.15) is 0 Å². The highest BCUT2D eigenvalue weighted by Crippen LogP contribution is 2.42. The number of rotatable bonds is 4. The first-order chi connectivity index (χ1) is 17.7. The Labute approximate surface area is 213 Å². The summed E-state index contributed by atoms with van der Waals surface area (Å²) in [5, 5.41) is 13.2. The average Bonchev–Trinajstić information content (AvgIpc) is 3.10. The van der Waals surface area contributed by atoms with Gasteiger partial charge in [0.25, 0.3) is 0 Å². The Morgan fingerprint density at radius 1 is 0.944 bits per heavy atom. The van der Waals surface area contributed by atoms with E-state index in [-0.39, 0.29) is 30.6 Å². The maximum absolute atomic E-state index is 13.1. The number of benzene rings is 3. The molecule has 5 nitrogen and oxygen atoms in total. The highest BCUT2D eigenvalue weighted by atomic mass is 16.3. The average molecular weight is 480 g/mol. The Morgan fingerprint density at radius 3 is 2.31 bits per heavy atom. The first-order valence-electron chi connectivity index (χ1n) is 12.8. The summed E-state index contributed by atoms with van der Waals surface area (Å²) >= 11 is 0. The van der Waals surface area contributed by atoms with E-state index >= 15 is 0 Å². The number of aliphatic hydroxyl groups excluding tert-OH is 1. The Hall–Kier alpha value is -3.59. The van der Waals surface area contributed by atoms with Gasteiger partial charge in [0.15, 0.2) is 0 Å². The first-order valence-corrected chi connectivity index (χ1v) is 12.8. The summed E-state index contributed by atoms with van der Waals surface area (Å²) in [7, 11) is 0. The largest absolute Gasteiger partial charge is 0.395 e. The molecule has 2 amide bonds. The summed E-state index contributed by atoms with van der Waals surface area (Å²) in [6.45, 7) is 4.49. The number of hydrogen-bond acceptors (Lipinski definition) is 3. The van der Waals surface area contributed by atoms with Gasteiger partial charge in [0, 0.05) is 54.5 Å². The minimum atomic E-state index is -0.0566. The Kier molecular flexibility index (Phi) is 7.36. The van der Waals surface area contributed by atoms with Crippen LogP contribution < -0.4 is 5.32 Å². The molecule has 184 valence electrons. The Morgan fingerprint density at radius 2 is 1.64 bits per heavy atom. The molecule has 5 rings (SSSR count). The van der Waals surface area contributed by atoms with Crippen LogP contribution in [0.2, 0.25) is 0 Å². The zero-order valence-electron chi connectivity index (χ0n) is 20.7. The summed E-state index contributed by atoms with van der Waals surface area (Å²) in [6, 6.07) is 26.6. The van der Waals surface area contributed by atoms with Crippen LogP contribution >= 0.6 is 0 Å². The van der Waals surface area contributed by atoms with Gasteiger partial charge < -0.3 is 15.3 Å². The van der Waals surface area contributed by atoms with Crippen molar-refractivity contribution in [2.24, 2.45) is 0 Å². The van der Waals surface area contributed by atoms with Gasteiger partial charge in [0.05, 0.1) is 6.61 Å². The number of carbonyl (C=O) groups is 1. The number of fused-ring (bicyclic) bond motifs is 1. The second-order valence-corrected chi connectivity index (χ2v) is 9.60. The van der Waals surface area contributed by atoms with E-state index in [1.54, 1.807) is 0 Å². The van der Waals surface area contributed by atoms with Crippen molar-refractivity contribution >= 4 is 11.7 Å². The van der Waals surface area contributed by atoms with E-state index in [1.807, 2.05) is 47.4 Å². The van der Waals surface area contributed by atoms with Crippen molar-refractivity contribution in [2.45, 2.75) is 37.8 Å². The second kappa shape index (κ2) is 11.0. The molecule has 0 bridgehead atoms. The van der Waals surface area contributed by atoms with Gasteiger partial charge in [-0.15, -0.1) is 0 Å². The van der Waals surface area contributed by atoms with Crippen LogP contribution in [0.15, 0.2) is 78.9 Å². The number of nitrogens with one attached hydrogen (secondary N) is 1. The minimum absolute atomic E-state index is 0.0566. The summed E-state index contributed by atoms with van der Waals surface area (Å²) in [4.78, 5) is 17.4. The van der Waals surface area contributed by atoms with E-state index < -0.39 is 0 Å². The van der Waals surface area contributed by atoms with Crippen LogP contribution in [-0.4, -0.2) is 59.3 Å². The fourth-order valence-electron chi connectivity index (χ4n) is 5.45. The van der Waals surface area contributed by atoms with Crippen LogP contribution in [0.3, 0.4) is 0 Å². The number of nitrogens with zero attached hydrogens (tertiary/aromatic N) is 2. The van der Waals surface area contributed by atoms with Crippen LogP contribution in [0, 0.1) is 11.8 Å². The molecule has 0 unspecified atom stereocenters. The van der Waals surface area contributed by atoms with Gasteiger partial charge in [-0.1, -0.05) is 61.2 Å². The molecule has 2 N–H and O–H groups in total. The predicted molar refractivity (Wildman–Crippen MR) is 144 cm³/mol. The normalized spacial score (nSPS) is 21.4. The van der Waals surface area contributed by atoms with E-state index in [0.717, 1.165) is 36.2 Å². The highest BCUT2D eigenvalue weighted by Gasteiger charge is 2.50. The van der Waals surface area contributed by atoms with E-state index in [4.69, 9.17) is 0 Å². The van der Waals surface area contributed by atoms with Gasteiger partial charge in [-0.3, -0.25) is 4.90 Å². The number of aryl methyl sites for hydroxylation is 1. The van der Waals surface area contributed by atoms with Crippen molar-refractivity contribution in [3.05, 3.63) is 101 Å². The van der Waals surface area contributed by atoms with Crippen molar-refractivity contribution in [1.82, 2.24) is 9.80 Å². The topological polar surface area (TPSA) is 55.8 Å². The third-order valence-electron chi connectivity index (χ3n) is 7.44. The van der Waals surface area contributed by atoms with Gasteiger partial charge in [-0.2, -0.15) is 0 Å². The fourth-order valence-corrected chi connectivity index (χ4v) is 5.45. The van der Waals surface area contributed by atoms with Crippen LogP contribution in [0.4, 0.5) is 10.5 Å². The molecule has 0 saturated carbocycles. The number of aliphatic hydroxyl groups is 1. The molecule has 2 fully saturated rings. The molecule has 2 heterocycles. The van der Waals surface area contributed by atoms with Crippen molar-refractivity contribution in [1.29, 1.82) is 0 Å². The van der Waals surface area contributed by atoms with E-state index in [2.05, 4.69) is 65.4 Å². The Bertz CT molecular complexity index is 1230. The molecule has 0 spiro atoms. The lowest BCUT2D eigenvalue weighted by atomic mass is 9.75. The number of urea groups is 1. The molecular weight excluding hydrogens is 446 g/mol. The zero-order valence-corrected chi connectivity index (χ0v) is 20.7.